The van der Waals surface area contributed by atoms with Gasteiger partial charge in [0.25, 0.3) is 0 Å². The van der Waals surface area contributed by atoms with Crippen LogP contribution in [0.15, 0.2) is 0 Å². The van der Waals surface area contributed by atoms with Gasteiger partial charge in [0.2, 0.25) is 0 Å². The molecular weight excluding hydrogens is 276 g/mol. The second kappa shape index (κ2) is 4.80. The molecule has 0 radical (unpaired) electrons. The van der Waals surface area contributed by atoms with Gasteiger partial charge in [0.1, 0.15) is 5.78 Å². The number of fused-ring (bicyclic) bond motifs is 5. The molecule has 1 unspecified atom stereocenters. The number of carbonyl (C=O) groups excluding carboxylic acids is 1. The number of aliphatic hydroxyl groups excluding tert-OH is 2. The Balaban J connectivity index is 1.69. The summed E-state index contributed by atoms with van der Waals surface area (Å²) in [4.78, 5) is 12.4. The number of Topliss-reactive ketones (excluding diaryl/α,β-unsaturated/α-hetero) is 1. The van der Waals surface area contributed by atoms with Crippen LogP contribution in [0, 0.1) is 34.5 Å². The van der Waals surface area contributed by atoms with Crippen molar-refractivity contribution < 1.29 is 15.0 Å². The van der Waals surface area contributed by atoms with E-state index in [1.807, 2.05) is 0 Å². The Morgan fingerprint density at radius 3 is 2.64 bits per heavy atom. The number of carbonyl (C=O) groups is 1. The lowest BCUT2D eigenvalue weighted by atomic mass is 9.44. The maximum Gasteiger partial charge on any atom is 0.139 e. The molecule has 4 rings (SSSR count). The van der Waals surface area contributed by atoms with Crippen LogP contribution in [0.1, 0.15) is 65.2 Å². The Morgan fingerprint density at radius 1 is 1.09 bits per heavy atom. The summed E-state index contributed by atoms with van der Waals surface area (Å²) in [6, 6.07) is 0. The number of ketones is 1. The third-order valence-electron chi connectivity index (χ3n) is 8.28. The maximum atomic E-state index is 12.4. The molecule has 4 fully saturated rings. The maximum absolute atomic E-state index is 12.4. The summed E-state index contributed by atoms with van der Waals surface area (Å²) < 4.78 is 0. The normalized spacial score (nSPS) is 57.9. The second-order valence-corrected chi connectivity index (χ2v) is 9.16. The fourth-order valence-corrected chi connectivity index (χ4v) is 7.13. The van der Waals surface area contributed by atoms with E-state index in [-0.39, 0.29) is 23.0 Å². The van der Waals surface area contributed by atoms with E-state index in [0.29, 0.717) is 35.9 Å². The van der Waals surface area contributed by atoms with Gasteiger partial charge in [0.15, 0.2) is 0 Å². The van der Waals surface area contributed by atoms with Crippen LogP contribution in [0.5, 0.6) is 0 Å². The number of hydrogen-bond acceptors (Lipinski definition) is 3. The van der Waals surface area contributed by atoms with E-state index in [4.69, 9.17) is 0 Å². The van der Waals surface area contributed by atoms with Crippen LogP contribution in [0.2, 0.25) is 0 Å². The van der Waals surface area contributed by atoms with Crippen molar-refractivity contribution in [3.05, 3.63) is 0 Å². The molecule has 0 saturated heterocycles. The first-order chi connectivity index (χ1) is 10.4. The van der Waals surface area contributed by atoms with Gasteiger partial charge >= 0.3 is 0 Å². The van der Waals surface area contributed by atoms with Gasteiger partial charge < -0.3 is 10.2 Å². The predicted octanol–water partition coefficient (Wildman–Crippen LogP) is 2.93. The minimum Gasteiger partial charge on any atom is -0.393 e. The molecule has 0 aromatic heterocycles. The van der Waals surface area contributed by atoms with E-state index >= 15 is 0 Å². The first kappa shape index (κ1) is 15.1. The monoisotopic (exact) mass is 306 g/mol. The standard InChI is InChI=1S/C19H30O3/c1-18-8-7-12(20)9-11(18)3-4-13-14-5-6-16(22)19(14,2)10-15(21)17(13)18/h11-15,17,20-21H,3-10H2,1-2H3/t11-,12?,13-,14-,15-,17+,18-,19-/m0/s1. The molecule has 124 valence electrons. The molecule has 4 aliphatic carbocycles. The van der Waals surface area contributed by atoms with E-state index in [0.717, 1.165) is 38.5 Å². The highest BCUT2D eigenvalue weighted by Gasteiger charge is 2.63. The van der Waals surface area contributed by atoms with Gasteiger partial charge in [-0.05, 0) is 74.0 Å². The van der Waals surface area contributed by atoms with Crippen molar-refractivity contribution in [3.63, 3.8) is 0 Å². The molecular formula is C19H30O3. The molecule has 0 heterocycles. The predicted molar refractivity (Wildman–Crippen MR) is 84.1 cm³/mol. The van der Waals surface area contributed by atoms with Gasteiger partial charge in [-0.2, -0.15) is 0 Å². The van der Waals surface area contributed by atoms with E-state index < -0.39 is 0 Å². The van der Waals surface area contributed by atoms with Gasteiger partial charge in [-0.25, -0.2) is 0 Å². The Hall–Kier alpha value is -0.410. The minimum absolute atomic E-state index is 0.145. The molecule has 3 nitrogen and oxygen atoms in total. The molecule has 0 aliphatic heterocycles. The SMILES string of the molecule is C[C@]12CCC(O)C[C@@H]1CC[C@@H]1[C@@H]2[C@@H](O)C[C@]2(C)C(=O)CC[C@@H]12. The molecule has 22 heavy (non-hydrogen) atoms. The van der Waals surface area contributed by atoms with E-state index in [9.17, 15) is 15.0 Å². The van der Waals surface area contributed by atoms with E-state index in [2.05, 4.69) is 13.8 Å². The Labute approximate surface area is 133 Å². The summed E-state index contributed by atoms with van der Waals surface area (Å²) in [5.41, 5.74) is -0.105. The lowest BCUT2D eigenvalue weighted by Crippen LogP contribution is -2.59. The lowest BCUT2D eigenvalue weighted by molar-refractivity contribution is -0.175. The first-order valence-corrected chi connectivity index (χ1v) is 9.25. The zero-order valence-electron chi connectivity index (χ0n) is 13.9. The minimum atomic E-state index is -0.337. The van der Waals surface area contributed by atoms with Gasteiger partial charge in [-0.15, -0.1) is 0 Å². The van der Waals surface area contributed by atoms with Crippen LogP contribution in [-0.2, 0) is 4.79 Å². The van der Waals surface area contributed by atoms with Gasteiger partial charge in [0.05, 0.1) is 12.2 Å². The zero-order valence-corrected chi connectivity index (χ0v) is 13.9. The molecule has 8 atom stereocenters. The summed E-state index contributed by atoms with van der Waals surface area (Å²) in [5, 5.41) is 21.0. The molecule has 2 N–H and O–H groups in total. The van der Waals surface area contributed by atoms with Crippen molar-refractivity contribution in [1.29, 1.82) is 0 Å². The van der Waals surface area contributed by atoms with Crippen LogP contribution in [0.3, 0.4) is 0 Å². The first-order valence-electron chi connectivity index (χ1n) is 9.25. The van der Waals surface area contributed by atoms with Gasteiger partial charge in [-0.3, -0.25) is 4.79 Å². The van der Waals surface area contributed by atoms with Crippen molar-refractivity contribution in [2.45, 2.75) is 77.4 Å². The molecule has 0 amide bonds. The van der Waals surface area contributed by atoms with E-state index in [1.54, 1.807) is 0 Å². The fraction of sp³-hybridized carbons (Fsp3) is 0.947. The zero-order chi connectivity index (χ0) is 15.7. The average molecular weight is 306 g/mol. The van der Waals surface area contributed by atoms with E-state index in [1.165, 1.54) is 6.42 Å². The van der Waals surface area contributed by atoms with Crippen LogP contribution >= 0.6 is 0 Å². The summed E-state index contributed by atoms with van der Waals surface area (Å²) in [5.74, 6) is 2.27. The molecule has 3 heteroatoms. The van der Waals surface area contributed by atoms with Crippen LogP contribution in [0.4, 0.5) is 0 Å². The Bertz CT molecular complexity index is 489. The molecule has 0 aromatic carbocycles. The van der Waals surface area contributed by atoms with Crippen molar-refractivity contribution in [2.75, 3.05) is 0 Å². The van der Waals surface area contributed by atoms with Gasteiger partial charge in [-0.1, -0.05) is 13.8 Å². The fourth-order valence-electron chi connectivity index (χ4n) is 7.13. The lowest BCUT2D eigenvalue weighted by Gasteiger charge is -2.61. The molecule has 0 aromatic rings. The van der Waals surface area contributed by atoms with Crippen molar-refractivity contribution in [1.82, 2.24) is 0 Å². The summed E-state index contributed by atoms with van der Waals surface area (Å²) in [6.07, 6.45) is 7.08. The molecule has 4 aliphatic rings. The largest absolute Gasteiger partial charge is 0.393 e. The van der Waals surface area contributed by atoms with Crippen molar-refractivity contribution >= 4 is 5.78 Å². The Morgan fingerprint density at radius 2 is 1.86 bits per heavy atom. The highest BCUT2D eigenvalue weighted by Crippen LogP contribution is 2.65. The highest BCUT2D eigenvalue weighted by molar-refractivity contribution is 5.87. The molecule has 0 bridgehead atoms. The molecule has 0 spiro atoms. The van der Waals surface area contributed by atoms with Crippen molar-refractivity contribution in [3.8, 4) is 0 Å². The quantitative estimate of drug-likeness (QED) is 0.723. The third kappa shape index (κ3) is 1.84. The summed E-state index contributed by atoms with van der Waals surface area (Å²) >= 11 is 0. The van der Waals surface area contributed by atoms with Crippen LogP contribution < -0.4 is 0 Å². The second-order valence-electron chi connectivity index (χ2n) is 9.16. The number of aliphatic hydroxyl groups is 2. The summed E-state index contributed by atoms with van der Waals surface area (Å²) in [7, 11) is 0. The smallest absolute Gasteiger partial charge is 0.139 e. The average Bonchev–Trinajstić information content (AvgIpc) is 2.75. The number of hydrogen-bond donors (Lipinski definition) is 2. The topological polar surface area (TPSA) is 57.5 Å². The molecule has 4 saturated carbocycles. The summed E-state index contributed by atoms with van der Waals surface area (Å²) in [6.45, 7) is 4.48. The van der Waals surface area contributed by atoms with Crippen LogP contribution in [-0.4, -0.2) is 28.2 Å². The van der Waals surface area contributed by atoms with Crippen molar-refractivity contribution in [2.24, 2.45) is 34.5 Å². The highest BCUT2D eigenvalue weighted by atomic mass is 16.3. The number of rotatable bonds is 0. The Kier molecular flexibility index (Phi) is 3.30. The van der Waals surface area contributed by atoms with Crippen LogP contribution in [0.25, 0.3) is 0 Å². The van der Waals surface area contributed by atoms with Gasteiger partial charge in [0, 0.05) is 11.8 Å². The third-order valence-corrected chi connectivity index (χ3v) is 8.28.